The third-order valence-electron chi connectivity index (χ3n) is 3.40. The molecule has 0 aliphatic heterocycles. The summed E-state index contributed by atoms with van der Waals surface area (Å²) in [5, 5.41) is 11.1. The Bertz CT molecular complexity index is 625. The fourth-order valence-electron chi connectivity index (χ4n) is 2.35. The third-order valence-corrected chi connectivity index (χ3v) is 3.64. The van der Waals surface area contributed by atoms with Crippen LogP contribution < -0.4 is 9.47 Å². The molecule has 0 aliphatic carbocycles. The van der Waals surface area contributed by atoms with Gasteiger partial charge in [-0.2, -0.15) is 0 Å². The maximum Gasteiger partial charge on any atom is 0.126 e. The predicted molar refractivity (Wildman–Crippen MR) is 84.4 cm³/mol. The molecule has 2 aromatic rings. The second kappa shape index (κ2) is 6.83. The van der Waals surface area contributed by atoms with Crippen LogP contribution in [0.5, 0.6) is 11.5 Å². The lowest BCUT2D eigenvalue weighted by atomic mass is 9.98. The average molecular weight is 307 g/mol. The van der Waals surface area contributed by atoms with E-state index in [4.69, 9.17) is 21.1 Å². The summed E-state index contributed by atoms with van der Waals surface area (Å²) < 4.78 is 10.6. The van der Waals surface area contributed by atoms with Gasteiger partial charge in [-0.05, 0) is 30.7 Å². The van der Waals surface area contributed by atoms with Crippen molar-refractivity contribution in [3.05, 3.63) is 58.1 Å². The molecule has 112 valence electrons. The molecule has 0 saturated carbocycles. The van der Waals surface area contributed by atoms with Crippen molar-refractivity contribution in [2.45, 2.75) is 19.4 Å². The first kappa shape index (κ1) is 15.7. The molecule has 0 fully saturated rings. The van der Waals surface area contributed by atoms with Crippen molar-refractivity contribution in [1.82, 2.24) is 0 Å². The Morgan fingerprint density at radius 3 is 2.43 bits per heavy atom. The van der Waals surface area contributed by atoms with E-state index in [0.29, 0.717) is 22.8 Å². The maximum atomic E-state index is 10.5. The second-order valence-electron chi connectivity index (χ2n) is 4.92. The van der Waals surface area contributed by atoms with Crippen LogP contribution >= 0.6 is 11.6 Å². The topological polar surface area (TPSA) is 38.7 Å². The lowest BCUT2D eigenvalue weighted by Gasteiger charge is -2.17. The lowest BCUT2D eigenvalue weighted by molar-refractivity contribution is 0.173. The van der Waals surface area contributed by atoms with Crippen LogP contribution in [0.4, 0.5) is 0 Å². The van der Waals surface area contributed by atoms with Crippen molar-refractivity contribution < 1.29 is 14.6 Å². The van der Waals surface area contributed by atoms with E-state index in [1.165, 1.54) is 0 Å². The Hall–Kier alpha value is -1.71. The molecule has 0 bridgehead atoms. The Morgan fingerprint density at radius 1 is 1.05 bits per heavy atom. The molecule has 2 rings (SSSR count). The Balaban J connectivity index is 2.30. The van der Waals surface area contributed by atoms with Gasteiger partial charge in [0.15, 0.2) is 0 Å². The molecule has 0 aliphatic rings. The monoisotopic (exact) mass is 306 g/mol. The minimum atomic E-state index is -0.687. The molecule has 1 N–H and O–H groups in total. The fourth-order valence-corrected chi connectivity index (χ4v) is 2.51. The van der Waals surface area contributed by atoms with Crippen LogP contribution in [0, 0.1) is 6.92 Å². The molecule has 0 spiro atoms. The zero-order valence-corrected chi connectivity index (χ0v) is 13.1. The Kier molecular flexibility index (Phi) is 5.10. The van der Waals surface area contributed by atoms with Crippen LogP contribution in [0.2, 0.25) is 5.02 Å². The van der Waals surface area contributed by atoms with Gasteiger partial charge in [-0.25, -0.2) is 0 Å². The summed E-state index contributed by atoms with van der Waals surface area (Å²) in [6.07, 6.45) is -0.240. The predicted octanol–water partition coefficient (Wildman–Crippen LogP) is 3.94. The molecule has 1 atom stereocenters. The number of aryl methyl sites for hydroxylation is 1. The van der Waals surface area contributed by atoms with E-state index in [1.54, 1.807) is 32.4 Å². The van der Waals surface area contributed by atoms with E-state index < -0.39 is 6.10 Å². The van der Waals surface area contributed by atoms with Crippen LogP contribution in [-0.2, 0) is 6.42 Å². The highest BCUT2D eigenvalue weighted by molar-refractivity contribution is 6.30. The summed E-state index contributed by atoms with van der Waals surface area (Å²) in [6.45, 7) is 2.01. The van der Waals surface area contributed by atoms with E-state index in [1.807, 2.05) is 25.1 Å². The molecule has 4 heteroatoms. The van der Waals surface area contributed by atoms with E-state index in [9.17, 15) is 5.11 Å². The first-order valence-electron chi connectivity index (χ1n) is 6.70. The van der Waals surface area contributed by atoms with Crippen molar-refractivity contribution in [2.24, 2.45) is 0 Å². The minimum absolute atomic E-state index is 0.447. The number of aliphatic hydroxyl groups excluding tert-OH is 1. The fraction of sp³-hybridized carbons (Fsp3) is 0.294. The second-order valence-corrected chi connectivity index (χ2v) is 5.36. The van der Waals surface area contributed by atoms with Crippen molar-refractivity contribution in [1.29, 1.82) is 0 Å². The zero-order chi connectivity index (χ0) is 15.4. The number of halogens is 1. The number of methoxy groups -OCH3 is 2. The Labute approximate surface area is 130 Å². The van der Waals surface area contributed by atoms with Gasteiger partial charge in [0.1, 0.15) is 11.5 Å². The van der Waals surface area contributed by atoms with Crippen LogP contribution in [0.25, 0.3) is 0 Å². The van der Waals surface area contributed by atoms with Gasteiger partial charge < -0.3 is 14.6 Å². The highest BCUT2D eigenvalue weighted by Gasteiger charge is 2.16. The Morgan fingerprint density at radius 2 is 1.76 bits per heavy atom. The smallest absolute Gasteiger partial charge is 0.126 e. The summed E-state index contributed by atoms with van der Waals surface area (Å²) in [5.74, 6) is 1.36. The number of rotatable bonds is 5. The van der Waals surface area contributed by atoms with Gasteiger partial charge in [-0.1, -0.05) is 35.4 Å². The SMILES string of the molecule is COc1ccc(C)cc1CC(O)c1ccc(Cl)cc1OC. The molecular formula is C17H19ClO3. The molecule has 0 heterocycles. The highest BCUT2D eigenvalue weighted by Crippen LogP contribution is 2.32. The van der Waals surface area contributed by atoms with Gasteiger partial charge in [0.25, 0.3) is 0 Å². The number of benzene rings is 2. The van der Waals surface area contributed by atoms with Gasteiger partial charge in [-0.15, -0.1) is 0 Å². The van der Waals surface area contributed by atoms with Gasteiger partial charge in [0.2, 0.25) is 0 Å². The van der Waals surface area contributed by atoms with E-state index in [-0.39, 0.29) is 0 Å². The third kappa shape index (κ3) is 3.69. The first-order chi connectivity index (χ1) is 10.0. The standard InChI is InChI=1S/C17H19ClO3/c1-11-4-7-16(20-2)12(8-11)9-15(19)14-6-5-13(18)10-17(14)21-3/h4-8,10,15,19H,9H2,1-3H3. The highest BCUT2D eigenvalue weighted by atomic mass is 35.5. The minimum Gasteiger partial charge on any atom is -0.496 e. The van der Waals surface area contributed by atoms with Crippen molar-refractivity contribution in [2.75, 3.05) is 14.2 Å². The van der Waals surface area contributed by atoms with E-state index in [2.05, 4.69) is 0 Å². The first-order valence-corrected chi connectivity index (χ1v) is 7.08. The maximum absolute atomic E-state index is 10.5. The molecule has 0 radical (unpaired) electrons. The summed E-state index contributed by atoms with van der Waals surface area (Å²) >= 11 is 5.95. The molecule has 0 aromatic heterocycles. The van der Waals surface area contributed by atoms with E-state index in [0.717, 1.165) is 16.9 Å². The van der Waals surface area contributed by atoms with Crippen LogP contribution in [0.15, 0.2) is 36.4 Å². The quantitative estimate of drug-likeness (QED) is 0.909. The summed E-state index contributed by atoms with van der Waals surface area (Å²) in [4.78, 5) is 0. The van der Waals surface area contributed by atoms with Gasteiger partial charge in [0.05, 0.1) is 20.3 Å². The van der Waals surface area contributed by atoms with Gasteiger partial charge >= 0.3 is 0 Å². The van der Waals surface area contributed by atoms with Crippen LogP contribution in [0.1, 0.15) is 22.8 Å². The molecule has 0 saturated heterocycles. The summed E-state index contributed by atoms with van der Waals surface area (Å²) in [5.41, 5.74) is 2.80. The van der Waals surface area contributed by atoms with Crippen molar-refractivity contribution in [3.63, 3.8) is 0 Å². The van der Waals surface area contributed by atoms with Gasteiger partial charge in [0, 0.05) is 17.0 Å². The van der Waals surface area contributed by atoms with Crippen molar-refractivity contribution >= 4 is 11.6 Å². The molecule has 1 unspecified atom stereocenters. The largest absolute Gasteiger partial charge is 0.496 e. The summed E-state index contributed by atoms with van der Waals surface area (Å²) in [7, 11) is 3.19. The zero-order valence-electron chi connectivity index (χ0n) is 12.4. The molecule has 0 amide bonds. The molecule has 2 aromatic carbocycles. The normalized spacial score (nSPS) is 12.0. The van der Waals surface area contributed by atoms with Crippen LogP contribution in [0.3, 0.4) is 0 Å². The number of hydrogen-bond acceptors (Lipinski definition) is 3. The summed E-state index contributed by atoms with van der Waals surface area (Å²) in [6, 6.07) is 11.1. The molecular weight excluding hydrogens is 288 g/mol. The molecule has 21 heavy (non-hydrogen) atoms. The van der Waals surface area contributed by atoms with E-state index >= 15 is 0 Å². The number of hydrogen-bond donors (Lipinski definition) is 1. The van der Waals surface area contributed by atoms with Gasteiger partial charge in [-0.3, -0.25) is 0 Å². The number of ether oxygens (including phenoxy) is 2. The average Bonchev–Trinajstić information content (AvgIpc) is 2.47. The van der Waals surface area contributed by atoms with Crippen LogP contribution in [-0.4, -0.2) is 19.3 Å². The van der Waals surface area contributed by atoms with Crippen molar-refractivity contribution in [3.8, 4) is 11.5 Å². The number of aliphatic hydroxyl groups is 1. The molecule has 3 nitrogen and oxygen atoms in total. The lowest BCUT2D eigenvalue weighted by Crippen LogP contribution is -2.05.